The molecule has 2 aliphatic rings. The van der Waals surface area contributed by atoms with Crippen molar-refractivity contribution in [3.05, 3.63) is 66.5 Å². The molecule has 0 aliphatic carbocycles. The highest BCUT2D eigenvalue weighted by atomic mass is 15.2. The molecular weight excluding hydrogens is 346 g/mol. The zero-order valence-corrected chi connectivity index (χ0v) is 16.0. The Kier molecular flexibility index (Phi) is 4.57. The summed E-state index contributed by atoms with van der Waals surface area (Å²) in [6, 6.07) is 19.3. The van der Waals surface area contributed by atoms with E-state index in [0.29, 0.717) is 0 Å². The maximum atomic E-state index is 4.54. The van der Waals surface area contributed by atoms with Gasteiger partial charge < -0.3 is 15.1 Å². The molecule has 2 aliphatic heterocycles. The third kappa shape index (κ3) is 3.40. The van der Waals surface area contributed by atoms with Gasteiger partial charge in [-0.3, -0.25) is 0 Å². The number of nitrogens with one attached hydrogen (secondary N) is 1. The van der Waals surface area contributed by atoms with Gasteiger partial charge in [-0.05, 0) is 61.6 Å². The summed E-state index contributed by atoms with van der Waals surface area (Å²) in [5.41, 5.74) is 5.00. The molecule has 0 unspecified atom stereocenters. The number of benzene rings is 2. The molecule has 1 fully saturated rings. The van der Waals surface area contributed by atoms with E-state index in [1.807, 2.05) is 6.07 Å². The van der Waals surface area contributed by atoms with Crippen molar-refractivity contribution < 1.29 is 0 Å². The van der Waals surface area contributed by atoms with Crippen LogP contribution in [-0.4, -0.2) is 29.6 Å². The number of aryl methyl sites for hydroxylation is 1. The molecule has 3 aromatic rings. The van der Waals surface area contributed by atoms with E-state index in [9.17, 15) is 0 Å². The summed E-state index contributed by atoms with van der Waals surface area (Å²) in [6.45, 7) is 3.32. The van der Waals surface area contributed by atoms with Crippen molar-refractivity contribution in [2.24, 2.45) is 0 Å². The summed E-state index contributed by atoms with van der Waals surface area (Å²) in [5, 5.41) is 3.43. The molecule has 0 amide bonds. The predicted octanol–water partition coefficient (Wildman–Crippen LogP) is 4.90. The monoisotopic (exact) mass is 371 g/mol. The van der Waals surface area contributed by atoms with E-state index >= 15 is 0 Å². The van der Waals surface area contributed by atoms with Crippen LogP contribution in [0, 0.1) is 0 Å². The van der Waals surface area contributed by atoms with Crippen molar-refractivity contribution >= 4 is 28.7 Å². The first-order chi connectivity index (χ1) is 13.9. The van der Waals surface area contributed by atoms with Crippen LogP contribution in [0.2, 0.25) is 0 Å². The smallest absolute Gasteiger partial charge is 0.138 e. The van der Waals surface area contributed by atoms with Crippen LogP contribution >= 0.6 is 0 Å². The molecule has 142 valence electrons. The highest BCUT2D eigenvalue weighted by Crippen LogP contribution is 2.33. The summed E-state index contributed by atoms with van der Waals surface area (Å²) < 4.78 is 0. The van der Waals surface area contributed by atoms with E-state index < -0.39 is 0 Å². The maximum Gasteiger partial charge on any atom is 0.138 e. The third-order valence-electron chi connectivity index (χ3n) is 5.65. The number of aromatic nitrogens is 2. The van der Waals surface area contributed by atoms with Crippen LogP contribution in [0.3, 0.4) is 0 Å². The Balaban J connectivity index is 1.35. The second kappa shape index (κ2) is 7.50. The van der Waals surface area contributed by atoms with Crippen molar-refractivity contribution in [3.8, 4) is 0 Å². The molecular formula is C23H25N5. The van der Waals surface area contributed by atoms with E-state index in [1.54, 1.807) is 6.33 Å². The Hall–Kier alpha value is -3.08. The minimum Gasteiger partial charge on any atom is -0.372 e. The fourth-order valence-electron chi connectivity index (χ4n) is 4.21. The number of nitrogens with zero attached hydrogens (tertiary/aromatic N) is 4. The fraction of sp³-hybridized carbons (Fsp3) is 0.304. The lowest BCUT2D eigenvalue weighted by Gasteiger charge is -2.30. The molecule has 0 bridgehead atoms. The zero-order valence-electron chi connectivity index (χ0n) is 16.0. The van der Waals surface area contributed by atoms with Gasteiger partial charge in [0, 0.05) is 42.8 Å². The van der Waals surface area contributed by atoms with Crippen molar-refractivity contribution in [1.82, 2.24) is 9.97 Å². The van der Waals surface area contributed by atoms with Crippen molar-refractivity contribution in [3.63, 3.8) is 0 Å². The van der Waals surface area contributed by atoms with Crippen LogP contribution in [0.5, 0.6) is 0 Å². The van der Waals surface area contributed by atoms with Crippen molar-refractivity contribution in [1.29, 1.82) is 0 Å². The highest BCUT2D eigenvalue weighted by molar-refractivity contribution is 5.68. The second-order valence-electron chi connectivity index (χ2n) is 7.51. The summed E-state index contributed by atoms with van der Waals surface area (Å²) in [7, 11) is 0. The lowest BCUT2D eigenvalue weighted by molar-refractivity contribution is 0.758. The average molecular weight is 371 g/mol. The van der Waals surface area contributed by atoms with Crippen LogP contribution in [-0.2, 0) is 6.42 Å². The lowest BCUT2D eigenvalue weighted by Crippen LogP contribution is -2.25. The van der Waals surface area contributed by atoms with E-state index in [2.05, 4.69) is 73.6 Å². The molecule has 0 saturated carbocycles. The molecule has 5 rings (SSSR count). The van der Waals surface area contributed by atoms with Gasteiger partial charge in [-0.15, -0.1) is 0 Å². The Morgan fingerprint density at radius 1 is 0.821 bits per heavy atom. The SMILES string of the molecule is c1ccc2c(c1)CCCN2c1cc(Nc2ccc(N3CCCC3)cc2)ncn1. The minimum atomic E-state index is 0.821. The van der Waals surface area contributed by atoms with Gasteiger partial charge in [-0.1, -0.05) is 18.2 Å². The fourth-order valence-corrected chi connectivity index (χ4v) is 4.21. The molecule has 0 atom stereocenters. The quantitative estimate of drug-likeness (QED) is 0.706. The zero-order chi connectivity index (χ0) is 18.8. The predicted molar refractivity (Wildman–Crippen MR) is 115 cm³/mol. The van der Waals surface area contributed by atoms with Crippen molar-refractivity contribution in [2.45, 2.75) is 25.7 Å². The number of para-hydroxylation sites is 1. The first kappa shape index (κ1) is 17.0. The number of hydrogen-bond donors (Lipinski definition) is 1. The first-order valence-electron chi connectivity index (χ1n) is 10.2. The summed E-state index contributed by atoms with van der Waals surface area (Å²) in [4.78, 5) is 13.7. The van der Waals surface area contributed by atoms with E-state index in [1.165, 1.54) is 42.9 Å². The molecule has 5 heteroatoms. The molecule has 5 nitrogen and oxygen atoms in total. The first-order valence-corrected chi connectivity index (χ1v) is 10.2. The Morgan fingerprint density at radius 3 is 2.50 bits per heavy atom. The summed E-state index contributed by atoms with van der Waals surface area (Å²) in [5.74, 6) is 1.76. The van der Waals surface area contributed by atoms with Crippen LogP contribution < -0.4 is 15.1 Å². The topological polar surface area (TPSA) is 44.3 Å². The van der Waals surface area contributed by atoms with Gasteiger partial charge in [0.05, 0.1) is 0 Å². The largest absolute Gasteiger partial charge is 0.372 e. The normalized spacial score (nSPS) is 16.1. The van der Waals surface area contributed by atoms with Gasteiger partial charge >= 0.3 is 0 Å². The molecule has 28 heavy (non-hydrogen) atoms. The standard InChI is InChI=1S/C23H25N5/c1-2-8-21-18(6-1)7-5-15-28(21)23-16-22(24-17-25-23)26-19-9-11-20(12-10-19)27-13-3-4-14-27/h1-2,6,8-12,16-17H,3-5,7,13-15H2,(H,24,25,26). The van der Waals surface area contributed by atoms with Crippen LogP contribution in [0.15, 0.2) is 60.9 Å². The Morgan fingerprint density at radius 2 is 1.64 bits per heavy atom. The maximum absolute atomic E-state index is 4.54. The van der Waals surface area contributed by atoms with Crippen LogP contribution in [0.4, 0.5) is 28.7 Å². The van der Waals surface area contributed by atoms with Gasteiger partial charge in [0.15, 0.2) is 0 Å². The molecule has 1 saturated heterocycles. The lowest BCUT2D eigenvalue weighted by atomic mass is 10.0. The van der Waals surface area contributed by atoms with Gasteiger partial charge in [-0.2, -0.15) is 0 Å². The van der Waals surface area contributed by atoms with Gasteiger partial charge in [0.1, 0.15) is 18.0 Å². The number of anilines is 5. The Bertz CT molecular complexity index is 947. The average Bonchev–Trinajstić information content (AvgIpc) is 3.29. The molecule has 1 N–H and O–H groups in total. The number of fused-ring (bicyclic) bond motifs is 1. The number of hydrogen-bond acceptors (Lipinski definition) is 5. The highest BCUT2D eigenvalue weighted by Gasteiger charge is 2.19. The molecule has 0 spiro atoms. The second-order valence-corrected chi connectivity index (χ2v) is 7.51. The summed E-state index contributed by atoms with van der Waals surface area (Å²) in [6.07, 6.45) is 6.51. The molecule has 2 aromatic carbocycles. The molecule has 0 radical (unpaired) electrons. The Labute approximate surface area is 166 Å². The number of rotatable bonds is 4. The van der Waals surface area contributed by atoms with Crippen molar-refractivity contribution in [2.75, 3.05) is 34.8 Å². The molecule has 1 aromatic heterocycles. The van der Waals surface area contributed by atoms with Crippen LogP contribution in [0.1, 0.15) is 24.8 Å². The summed E-state index contributed by atoms with van der Waals surface area (Å²) >= 11 is 0. The van der Waals surface area contributed by atoms with E-state index in [4.69, 9.17) is 0 Å². The van der Waals surface area contributed by atoms with Crippen LogP contribution in [0.25, 0.3) is 0 Å². The van der Waals surface area contributed by atoms with E-state index in [-0.39, 0.29) is 0 Å². The van der Waals surface area contributed by atoms with Gasteiger partial charge in [0.2, 0.25) is 0 Å². The van der Waals surface area contributed by atoms with Gasteiger partial charge in [0.25, 0.3) is 0 Å². The van der Waals surface area contributed by atoms with E-state index in [0.717, 1.165) is 36.7 Å². The third-order valence-corrected chi connectivity index (χ3v) is 5.65. The minimum absolute atomic E-state index is 0.821. The molecule has 3 heterocycles. The van der Waals surface area contributed by atoms with Gasteiger partial charge in [-0.25, -0.2) is 9.97 Å².